The number of carbonyl (C=O) groups excluding carboxylic acids is 1. The Bertz CT molecular complexity index is 388. The number of hydrogen-bond acceptors (Lipinski definition) is 4. The van der Waals surface area contributed by atoms with Gasteiger partial charge in [0.15, 0.2) is 0 Å². The fourth-order valence-electron chi connectivity index (χ4n) is 2.40. The number of methoxy groups -OCH3 is 1. The zero-order valence-electron chi connectivity index (χ0n) is 9.81. The maximum Gasteiger partial charge on any atom is 0.118 e. The highest BCUT2D eigenvalue weighted by molar-refractivity contribution is 5.65. The molecule has 0 saturated carbocycles. The molecule has 0 amide bonds. The smallest absolute Gasteiger partial charge is 0.118 e. The molecule has 0 spiro atoms. The number of carbonyl (C=O) groups is 1. The molecule has 0 aromatic heterocycles. The van der Waals surface area contributed by atoms with Gasteiger partial charge in [-0.15, -0.1) is 0 Å². The molecule has 1 saturated heterocycles. The number of nitrogens with one attached hydrogen (secondary N) is 1. The first kappa shape index (κ1) is 11.9. The second kappa shape index (κ2) is 5.19. The van der Waals surface area contributed by atoms with Crippen LogP contribution in [0, 0.1) is 5.92 Å². The molecule has 92 valence electrons. The minimum atomic E-state index is -0.975. The van der Waals surface area contributed by atoms with E-state index in [2.05, 4.69) is 5.32 Å². The Balaban J connectivity index is 2.11. The minimum absolute atomic E-state index is 0.115. The Kier molecular flexibility index (Phi) is 3.64. The van der Waals surface area contributed by atoms with Crippen LogP contribution in [0.5, 0.6) is 5.75 Å². The molecule has 0 aliphatic carbocycles. The predicted octanol–water partition coefficient (Wildman–Crippen LogP) is 0.138. The third-order valence-electron chi connectivity index (χ3n) is 3.31. The molecule has 4 nitrogen and oxygen atoms in total. The lowest BCUT2D eigenvalue weighted by molar-refractivity contribution is -0.306. The van der Waals surface area contributed by atoms with Gasteiger partial charge in [0.25, 0.3) is 0 Å². The number of aliphatic carboxylic acids is 1. The van der Waals surface area contributed by atoms with E-state index in [1.807, 2.05) is 24.3 Å². The van der Waals surface area contributed by atoms with Crippen molar-refractivity contribution in [2.45, 2.75) is 12.3 Å². The standard InChI is InChI=1S/C13H17NO3/c1-17-11-4-2-9(3-5-11)12-8-14-7-10(12)6-13(15)16/h2-5,10,12,14H,6-8H2,1H3,(H,15,16)/p-1. The number of hydrogen-bond donors (Lipinski definition) is 1. The van der Waals surface area contributed by atoms with Gasteiger partial charge in [-0.25, -0.2) is 0 Å². The molecule has 1 fully saturated rings. The molecule has 1 aromatic rings. The van der Waals surface area contributed by atoms with Crippen molar-refractivity contribution in [1.82, 2.24) is 5.32 Å². The van der Waals surface area contributed by atoms with E-state index >= 15 is 0 Å². The van der Waals surface area contributed by atoms with Crippen molar-refractivity contribution in [3.63, 3.8) is 0 Å². The quantitative estimate of drug-likeness (QED) is 0.805. The van der Waals surface area contributed by atoms with Crippen LogP contribution >= 0.6 is 0 Å². The summed E-state index contributed by atoms with van der Waals surface area (Å²) in [6, 6.07) is 7.81. The molecule has 2 unspecified atom stereocenters. The van der Waals surface area contributed by atoms with E-state index in [1.54, 1.807) is 7.11 Å². The maximum atomic E-state index is 10.7. The summed E-state index contributed by atoms with van der Waals surface area (Å²) in [6.45, 7) is 1.56. The molecule has 0 bridgehead atoms. The zero-order chi connectivity index (χ0) is 12.3. The fraction of sp³-hybridized carbons (Fsp3) is 0.462. The van der Waals surface area contributed by atoms with Gasteiger partial charge in [0.05, 0.1) is 7.11 Å². The number of rotatable bonds is 4. The molecule has 1 aliphatic heterocycles. The summed E-state index contributed by atoms with van der Waals surface area (Å²) in [6.07, 6.45) is 0.115. The van der Waals surface area contributed by atoms with Crippen LogP contribution < -0.4 is 15.2 Å². The summed E-state index contributed by atoms with van der Waals surface area (Å²) in [5, 5.41) is 13.9. The highest BCUT2D eigenvalue weighted by Gasteiger charge is 2.28. The van der Waals surface area contributed by atoms with Gasteiger partial charge in [-0.2, -0.15) is 0 Å². The summed E-state index contributed by atoms with van der Waals surface area (Å²) in [4.78, 5) is 10.7. The van der Waals surface area contributed by atoms with Crippen LogP contribution in [0.4, 0.5) is 0 Å². The van der Waals surface area contributed by atoms with Gasteiger partial charge in [-0.1, -0.05) is 12.1 Å². The van der Waals surface area contributed by atoms with Gasteiger partial charge < -0.3 is 20.0 Å². The third kappa shape index (κ3) is 2.77. The Morgan fingerprint density at radius 3 is 2.71 bits per heavy atom. The first-order valence-electron chi connectivity index (χ1n) is 5.75. The largest absolute Gasteiger partial charge is 0.550 e. The maximum absolute atomic E-state index is 10.7. The van der Waals surface area contributed by atoms with Crippen molar-refractivity contribution in [1.29, 1.82) is 0 Å². The van der Waals surface area contributed by atoms with Crippen molar-refractivity contribution in [3.05, 3.63) is 29.8 Å². The Morgan fingerprint density at radius 2 is 2.12 bits per heavy atom. The number of ether oxygens (including phenoxy) is 1. The normalized spacial score (nSPS) is 23.6. The monoisotopic (exact) mass is 234 g/mol. The Labute approximate surface area is 101 Å². The van der Waals surface area contributed by atoms with Crippen molar-refractivity contribution in [2.24, 2.45) is 5.92 Å². The topological polar surface area (TPSA) is 61.4 Å². The van der Waals surface area contributed by atoms with Crippen molar-refractivity contribution >= 4 is 5.97 Å². The summed E-state index contributed by atoms with van der Waals surface area (Å²) >= 11 is 0. The lowest BCUT2D eigenvalue weighted by Crippen LogP contribution is -2.27. The molecule has 4 heteroatoms. The fourth-order valence-corrected chi connectivity index (χ4v) is 2.40. The van der Waals surface area contributed by atoms with Gasteiger partial charge in [0.2, 0.25) is 0 Å². The molecule has 1 aliphatic rings. The van der Waals surface area contributed by atoms with Gasteiger partial charge in [-0.05, 0) is 36.6 Å². The molecule has 17 heavy (non-hydrogen) atoms. The molecular formula is C13H16NO3-. The Morgan fingerprint density at radius 1 is 1.41 bits per heavy atom. The highest BCUT2D eigenvalue weighted by Crippen LogP contribution is 2.31. The highest BCUT2D eigenvalue weighted by atomic mass is 16.5. The molecule has 1 heterocycles. The number of carboxylic acid groups (broad SMARTS) is 1. The van der Waals surface area contributed by atoms with Gasteiger partial charge >= 0.3 is 0 Å². The lowest BCUT2D eigenvalue weighted by atomic mass is 9.87. The first-order chi connectivity index (χ1) is 8.20. The van der Waals surface area contributed by atoms with Crippen LogP contribution in [0.3, 0.4) is 0 Å². The van der Waals surface area contributed by atoms with Crippen LogP contribution in [0.1, 0.15) is 17.9 Å². The molecule has 2 atom stereocenters. The van der Waals surface area contributed by atoms with Crippen LogP contribution in [-0.4, -0.2) is 26.2 Å². The van der Waals surface area contributed by atoms with Crippen molar-refractivity contribution < 1.29 is 14.6 Å². The predicted molar refractivity (Wildman–Crippen MR) is 61.7 cm³/mol. The molecule has 2 rings (SSSR count). The average molecular weight is 234 g/mol. The van der Waals surface area contributed by atoms with E-state index in [1.165, 1.54) is 0 Å². The summed E-state index contributed by atoms with van der Waals surface area (Å²) in [5.74, 6) is 0.209. The van der Waals surface area contributed by atoms with E-state index < -0.39 is 5.97 Å². The number of benzene rings is 1. The summed E-state index contributed by atoms with van der Waals surface area (Å²) in [5.41, 5.74) is 1.15. The molecule has 0 radical (unpaired) electrons. The van der Waals surface area contributed by atoms with E-state index in [4.69, 9.17) is 4.74 Å². The van der Waals surface area contributed by atoms with E-state index in [-0.39, 0.29) is 18.3 Å². The van der Waals surface area contributed by atoms with E-state index in [9.17, 15) is 9.90 Å². The zero-order valence-corrected chi connectivity index (χ0v) is 9.81. The van der Waals surface area contributed by atoms with E-state index in [0.29, 0.717) is 0 Å². The molecular weight excluding hydrogens is 218 g/mol. The first-order valence-corrected chi connectivity index (χ1v) is 5.75. The van der Waals surface area contributed by atoms with Gasteiger partial charge in [0.1, 0.15) is 5.75 Å². The van der Waals surface area contributed by atoms with Crippen molar-refractivity contribution in [2.75, 3.05) is 20.2 Å². The molecule has 1 aromatic carbocycles. The minimum Gasteiger partial charge on any atom is -0.550 e. The molecule has 1 N–H and O–H groups in total. The third-order valence-corrected chi connectivity index (χ3v) is 3.31. The average Bonchev–Trinajstić information content (AvgIpc) is 2.76. The van der Waals surface area contributed by atoms with Crippen LogP contribution in [0.2, 0.25) is 0 Å². The number of carboxylic acids is 1. The second-order valence-electron chi connectivity index (χ2n) is 4.37. The SMILES string of the molecule is COc1ccc(C2CNCC2CC(=O)[O-])cc1. The lowest BCUT2D eigenvalue weighted by Gasteiger charge is -2.19. The van der Waals surface area contributed by atoms with Crippen LogP contribution in [0.25, 0.3) is 0 Å². The summed E-state index contributed by atoms with van der Waals surface area (Å²) in [7, 11) is 1.63. The van der Waals surface area contributed by atoms with Gasteiger partial charge in [-0.3, -0.25) is 0 Å². The summed E-state index contributed by atoms with van der Waals surface area (Å²) < 4.78 is 5.10. The van der Waals surface area contributed by atoms with E-state index in [0.717, 1.165) is 24.4 Å². The van der Waals surface area contributed by atoms with Gasteiger partial charge in [0, 0.05) is 18.4 Å². The van der Waals surface area contributed by atoms with Crippen molar-refractivity contribution in [3.8, 4) is 5.75 Å². The second-order valence-corrected chi connectivity index (χ2v) is 4.37. The van der Waals surface area contributed by atoms with Crippen LogP contribution in [-0.2, 0) is 4.79 Å². The Hall–Kier alpha value is -1.55. The van der Waals surface area contributed by atoms with Crippen LogP contribution in [0.15, 0.2) is 24.3 Å².